The number of halogens is 1. The molecular weight excluding hydrogens is 348 g/mol. The van der Waals surface area contributed by atoms with Crippen LogP contribution in [0, 0.1) is 11.3 Å². The largest absolute Gasteiger partial charge is 0.494 e. The third-order valence-electron chi connectivity index (χ3n) is 5.48. The van der Waals surface area contributed by atoms with Gasteiger partial charge in [-0.05, 0) is 74.7 Å². The van der Waals surface area contributed by atoms with Gasteiger partial charge in [0.2, 0.25) is 0 Å². The second kappa shape index (κ2) is 9.61. The SMILES string of the molecule is CC.CN(C)C(=O)c1ccc(OCCC2CC3(CCNCC3)C2)cc1Cl. The molecule has 1 saturated carbocycles. The Morgan fingerprint density at radius 1 is 1.27 bits per heavy atom. The Morgan fingerprint density at radius 2 is 1.92 bits per heavy atom. The molecule has 0 bridgehead atoms. The van der Waals surface area contributed by atoms with E-state index in [9.17, 15) is 4.79 Å². The van der Waals surface area contributed by atoms with E-state index in [0.717, 1.165) is 24.7 Å². The van der Waals surface area contributed by atoms with Crippen molar-refractivity contribution in [1.82, 2.24) is 10.2 Å². The predicted octanol–water partition coefficient (Wildman–Crippen LogP) is 4.62. The lowest BCUT2D eigenvalue weighted by Crippen LogP contribution is -2.45. The van der Waals surface area contributed by atoms with Crippen molar-refractivity contribution in [1.29, 1.82) is 0 Å². The van der Waals surface area contributed by atoms with Crippen molar-refractivity contribution >= 4 is 17.5 Å². The molecule has 0 unspecified atom stereocenters. The predicted molar refractivity (Wildman–Crippen MR) is 108 cm³/mol. The highest BCUT2D eigenvalue weighted by molar-refractivity contribution is 6.34. The van der Waals surface area contributed by atoms with Gasteiger partial charge >= 0.3 is 0 Å². The van der Waals surface area contributed by atoms with E-state index in [1.807, 2.05) is 19.9 Å². The molecule has 0 atom stereocenters. The van der Waals surface area contributed by atoms with Crippen molar-refractivity contribution in [2.45, 2.75) is 46.0 Å². The van der Waals surface area contributed by atoms with Crippen molar-refractivity contribution in [2.75, 3.05) is 33.8 Å². The first-order valence-electron chi connectivity index (χ1n) is 9.84. The van der Waals surface area contributed by atoms with Gasteiger partial charge in [-0.2, -0.15) is 0 Å². The van der Waals surface area contributed by atoms with Gasteiger partial charge in [-0.1, -0.05) is 25.4 Å². The zero-order chi connectivity index (χ0) is 19.2. The third-order valence-corrected chi connectivity index (χ3v) is 5.79. The highest BCUT2D eigenvalue weighted by atomic mass is 35.5. The van der Waals surface area contributed by atoms with Crippen LogP contribution in [0.1, 0.15) is 56.3 Å². The van der Waals surface area contributed by atoms with Gasteiger partial charge in [-0.15, -0.1) is 0 Å². The summed E-state index contributed by atoms with van der Waals surface area (Å²) < 4.78 is 5.84. The molecule has 0 aromatic heterocycles. The summed E-state index contributed by atoms with van der Waals surface area (Å²) >= 11 is 6.21. The van der Waals surface area contributed by atoms with E-state index in [1.54, 1.807) is 26.2 Å². The molecule has 2 aliphatic rings. The number of rotatable bonds is 5. The minimum absolute atomic E-state index is 0.0895. The van der Waals surface area contributed by atoms with Crippen LogP contribution in [-0.4, -0.2) is 44.6 Å². The van der Waals surface area contributed by atoms with Crippen molar-refractivity contribution < 1.29 is 9.53 Å². The molecule has 1 spiro atoms. The second-order valence-corrected chi connectivity index (χ2v) is 7.91. The quantitative estimate of drug-likeness (QED) is 0.810. The monoisotopic (exact) mass is 380 g/mol. The van der Waals surface area contributed by atoms with Gasteiger partial charge in [0.15, 0.2) is 0 Å². The third kappa shape index (κ3) is 5.14. The van der Waals surface area contributed by atoms with E-state index in [4.69, 9.17) is 16.3 Å². The Balaban J connectivity index is 0.00000117. The summed E-state index contributed by atoms with van der Waals surface area (Å²) in [5.74, 6) is 1.45. The van der Waals surface area contributed by atoms with Crippen LogP contribution in [0.5, 0.6) is 5.75 Å². The standard InChI is InChI=1S/C19H27ClN2O2.C2H6/c1-22(2)18(23)16-4-3-15(11-17(16)20)24-10-5-14-12-19(13-14)6-8-21-9-7-19;1-2/h3-4,11,14,21H,5-10,12-13H2,1-2H3;1-2H3. The molecule has 1 aliphatic heterocycles. The minimum Gasteiger partial charge on any atom is -0.494 e. The fraction of sp³-hybridized carbons (Fsp3) is 0.667. The fourth-order valence-corrected chi connectivity index (χ4v) is 4.33. The average molecular weight is 381 g/mol. The summed E-state index contributed by atoms with van der Waals surface area (Å²) in [6.07, 6.45) is 6.48. The van der Waals surface area contributed by atoms with E-state index in [0.29, 0.717) is 16.0 Å². The molecule has 4 nitrogen and oxygen atoms in total. The van der Waals surface area contributed by atoms with E-state index >= 15 is 0 Å². The normalized spacial score (nSPS) is 18.5. The smallest absolute Gasteiger partial charge is 0.254 e. The highest BCUT2D eigenvalue weighted by Gasteiger charge is 2.43. The number of carbonyl (C=O) groups excluding carboxylic acids is 1. The first-order valence-corrected chi connectivity index (χ1v) is 10.2. The lowest BCUT2D eigenvalue weighted by Gasteiger charge is -2.50. The summed E-state index contributed by atoms with van der Waals surface area (Å²) in [5, 5.41) is 3.90. The van der Waals surface area contributed by atoms with Gasteiger partial charge in [-0.3, -0.25) is 4.79 Å². The van der Waals surface area contributed by atoms with E-state index in [2.05, 4.69) is 5.32 Å². The highest BCUT2D eigenvalue weighted by Crippen LogP contribution is 2.52. The molecule has 0 radical (unpaired) electrons. The second-order valence-electron chi connectivity index (χ2n) is 7.50. The van der Waals surface area contributed by atoms with Crippen LogP contribution in [0.15, 0.2) is 18.2 Å². The molecule has 1 amide bonds. The van der Waals surface area contributed by atoms with Crippen LogP contribution in [0.25, 0.3) is 0 Å². The molecule has 1 heterocycles. The fourth-order valence-electron chi connectivity index (χ4n) is 4.08. The maximum atomic E-state index is 12.0. The van der Waals surface area contributed by atoms with Gasteiger partial charge in [0.1, 0.15) is 5.75 Å². The van der Waals surface area contributed by atoms with Gasteiger partial charge in [0.05, 0.1) is 17.2 Å². The molecule has 2 fully saturated rings. The molecule has 1 aromatic rings. The molecule has 146 valence electrons. The van der Waals surface area contributed by atoms with Crippen LogP contribution in [0.3, 0.4) is 0 Å². The zero-order valence-electron chi connectivity index (χ0n) is 16.6. The number of hydrogen-bond acceptors (Lipinski definition) is 3. The Morgan fingerprint density at radius 3 is 2.50 bits per heavy atom. The van der Waals surface area contributed by atoms with Crippen LogP contribution in [0.2, 0.25) is 5.02 Å². The number of nitrogens with zero attached hydrogens (tertiary/aromatic N) is 1. The van der Waals surface area contributed by atoms with Crippen LogP contribution < -0.4 is 10.1 Å². The molecule has 26 heavy (non-hydrogen) atoms. The van der Waals surface area contributed by atoms with Gasteiger partial charge < -0.3 is 15.0 Å². The summed E-state index contributed by atoms with van der Waals surface area (Å²) in [5.41, 5.74) is 1.15. The van der Waals surface area contributed by atoms with Crippen LogP contribution >= 0.6 is 11.6 Å². The number of benzene rings is 1. The maximum absolute atomic E-state index is 12.0. The minimum atomic E-state index is -0.0895. The van der Waals surface area contributed by atoms with Crippen LogP contribution in [0.4, 0.5) is 0 Å². The van der Waals surface area contributed by atoms with Gasteiger partial charge in [0.25, 0.3) is 5.91 Å². The number of carbonyl (C=O) groups is 1. The molecule has 1 aliphatic carbocycles. The molecule has 5 heteroatoms. The zero-order valence-corrected chi connectivity index (χ0v) is 17.4. The number of piperidine rings is 1. The summed E-state index contributed by atoms with van der Waals surface area (Å²) in [4.78, 5) is 13.5. The maximum Gasteiger partial charge on any atom is 0.254 e. The number of amides is 1. The van der Waals surface area contributed by atoms with Crippen molar-refractivity contribution in [3.63, 3.8) is 0 Å². The summed E-state index contributed by atoms with van der Waals surface area (Å²) in [7, 11) is 3.44. The first-order chi connectivity index (χ1) is 12.5. The van der Waals surface area contributed by atoms with Gasteiger partial charge in [-0.25, -0.2) is 0 Å². The Labute approximate surface area is 163 Å². The lowest BCUT2D eigenvalue weighted by molar-refractivity contribution is 0.0113. The number of nitrogens with one attached hydrogen (secondary N) is 1. The summed E-state index contributed by atoms with van der Waals surface area (Å²) in [6.45, 7) is 7.08. The molecular formula is C21H33ClN2O2. The molecule has 1 N–H and O–H groups in total. The lowest BCUT2D eigenvalue weighted by atomic mass is 9.57. The topological polar surface area (TPSA) is 41.6 Å². The van der Waals surface area contributed by atoms with Crippen molar-refractivity contribution in [2.24, 2.45) is 11.3 Å². The molecule has 3 rings (SSSR count). The van der Waals surface area contributed by atoms with E-state index in [1.165, 1.54) is 43.7 Å². The number of ether oxygens (including phenoxy) is 1. The van der Waals surface area contributed by atoms with Gasteiger partial charge in [0, 0.05) is 14.1 Å². The van der Waals surface area contributed by atoms with Crippen molar-refractivity contribution in [3.8, 4) is 5.75 Å². The Hall–Kier alpha value is -1.26. The average Bonchev–Trinajstić information content (AvgIpc) is 2.62. The first kappa shape index (κ1) is 21.0. The Kier molecular flexibility index (Phi) is 7.78. The van der Waals surface area contributed by atoms with Crippen LogP contribution in [-0.2, 0) is 0 Å². The van der Waals surface area contributed by atoms with E-state index in [-0.39, 0.29) is 5.91 Å². The van der Waals surface area contributed by atoms with E-state index < -0.39 is 0 Å². The number of hydrogen-bond donors (Lipinski definition) is 1. The van der Waals surface area contributed by atoms with Crippen molar-refractivity contribution in [3.05, 3.63) is 28.8 Å². The summed E-state index contributed by atoms with van der Waals surface area (Å²) in [6, 6.07) is 5.32. The molecule has 1 saturated heterocycles. The molecule has 1 aromatic carbocycles. The Bertz CT molecular complexity index is 590.